The molecule has 0 spiro atoms. The van der Waals surface area contributed by atoms with Gasteiger partial charge in [-0.2, -0.15) is 5.26 Å². The third-order valence-corrected chi connectivity index (χ3v) is 2.34. The highest BCUT2D eigenvalue weighted by molar-refractivity contribution is 5.35. The zero-order valence-corrected chi connectivity index (χ0v) is 9.00. The summed E-state index contributed by atoms with van der Waals surface area (Å²) < 4.78 is 1.45. The summed E-state index contributed by atoms with van der Waals surface area (Å²) in [4.78, 5) is 15.5. The lowest BCUT2D eigenvalue weighted by molar-refractivity contribution is 0.756. The molecule has 17 heavy (non-hydrogen) atoms. The van der Waals surface area contributed by atoms with Crippen LogP contribution in [0.15, 0.2) is 41.5 Å². The average Bonchev–Trinajstić information content (AvgIpc) is 2.34. The SMILES string of the molecule is N#Cc1ncccc1Cn1cc(N)ccc1=O. The zero-order valence-electron chi connectivity index (χ0n) is 9.00. The maximum absolute atomic E-state index is 11.6. The van der Waals surface area contributed by atoms with E-state index >= 15 is 0 Å². The molecule has 5 heteroatoms. The van der Waals surface area contributed by atoms with Crippen LogP contribution >= 0.6 is 0 Å². The van der Waals surface area contributed by atoms with E-state index in [4.69, 9.17) is 11.0 Å². The molecule has 2 heterocycles. The highest BCUT2D eigenvalue weighted by atomic mass is 16.1. The minimum absolute atomic E-state index is 0.160. The van der Waals surface area contributed by atoms with Crippen LogP contribution in [-0.2, 0) is 6.54 Å². The molecule has 0 aromatic carbocycles. The van der Waals surface area contributed by atoms with Crippen LogP contribution in [0, 0.1) is 11.3 Å². The standard InChI is InChI=1S/C12H10N4O/c13-6-11-9(2-1-5-15-11)7-16-8-10(14)3-4-12(16)17/h1-5,8H,7,14H2. The summed E-state index contributed by atoms with van der Waals surface area (Å²) in [5.74, 6) is 0. The number of nitrogen functional groups attached to an aromatic ring is 1. The number of nitrogens with zero attached hydrogens (tertiary/aromatic N) is 3. The number of hydrogen-bond acceptors (Lipinski definition) is 4. The Bertz CT molecular complexity index is 639. The molecule has 0 aliphatic rings. The van der Waals surface area contributed by atoms with Crippen molar-refractivity contribution >= 4 is 5.69 Å². The number of aromatic nitrogens is 2. The van der Waals surface area contributed by atoms with Crippen molar-refractivity contribution in [3.8, 4) is 6.07 Å². The quantitative estimate of drug-likeness (QED) is 0.818. The molecule has 5 nitrogen and oxygen atoms in total. The van der Waals surface area contributed by atoms with Crippen LogP contribution in [0.25, 0.3) is 0 Å². The van der Waals surface area contributed by atoms with Crippen molar-refractivity contribution in [1.29, 1.82) is 5.26 Å². The molecule has 2 rings (SSSR count). The summed E-state index contributed by atoms with van der Waals surface area (Å²) in [5, 5.41) is 8.90. The van der Waals surface area contributed by atoms with Gasteiger partial charge in [0.15, 0.2) is 0 Å². The lowest BCUT2D eigenvalue weighted by Gasteiger charge is -2.07. The van der Waals surface area contributed by atoms with Crippen LogP contribution in [0.1, 0.15) is 11.3 Å². The fourth-order valence-electron chi connectivity index (χ4n) is 1.52. The van der Waals surface area contributed by atoms with Crippen LogP contribution in [0.2, 0.25) is 0 Å². The molecule has 0 unspecified atom stereocenters. The van der Waals surface area contributed by atoms with Crippen LogP contribution in [0.5, 0.6) is 0 Å². The summed E-state index contributed by atoms with van der Waals surface area (Å²) in [6.45, 7) is 0.292. The van der Waals surface area contributed by atoms with Gasteiger partial charge in [0.1, 0.15) is 11.8 Å². The van der Waals surface area contributed by atoms with Gasteiger partial charge in [0.25, 0.3) is 5.56 Å². The van der Waals surface area contributed by atoms with Crippen molar-refractivity contribution < 1.29 is 0 Å². The Kier molecular flexibility index (Phi) is 2.88. The van der Waals surface area contributed by atoms with Gasteiger partial charge in [0.2, 0.25) is 0 Å². The van der Waals surface area contributed by atoms with Crippen LogP contribution in [0.3, 0.4) is 0 Å². The van der Waals surface area contributed by atoms with Gasteiger partial charge < -0.3 is 10.3 Å². The molecule has 2 aromatic heterocycles. The largest absolute Gasteiger partial charge is 0.398 e. The molecular weight excluding hydrogens is 216 g/mol. The molecule has 0 bridgehead atoms. The number of pyridine rings is 2. The van der Waals surface area contributed by atoms with Gasteiger partial charge in [0, 0.05) is 29.7 Å². The molecule has 0 saturated heterocycles. The van der Waals surface area contributed by atoms with Crippen molar-refractivity contribution in [3.05, 3.63) is 58.3 Å². The number of rotatable bonds is 2. The smallest absolute Gasteiger partial charge is 0.250 e. The van der Waals surface area contributed by atoms with E-state index in [1.54, 1.807) is 30.6 Å². The number of anilines is 1. The Morgan fingerprint density at radius 3 is 3.00 bits per heavy atom. The first-order valence-electron chi connectivity index (χ1n) is 5.00. The molecule has 2 N–H and O–H groups in total. The van der Waals surface area contributed by atoms with Gasteiger partial charge in [-0.25, -0.2) is 4.98 Å². The normalized spacial score (nSPS) is 9.82. The fourth-order valence-corrected chi connectivity index (χ4v) is 1.52. The Balaban J connectivity index is 2.42. The van der Waals surface area contributed by atoms with Gasteiger partial charge in [-0.1, -0.05) is 6.07 Å². The Morgan fingerprint density at radius 1 is 1.41 bits per heavy atom. The van der Waals surface area contributed by atoms with Gasteiger partial charge in [-0.05, 0) is 12.1 Å². The van der Waals surface area contributed by atoms with Crippen molar-refractivity contribution in [2.45, 2.75) is 6.54 Å². The predicted octanol–water partition coefficient (Wildman–Crippen LogP) is 0.745. The predicted molar refractivity (Wildman–Crippen MR) is 63.2 cm³/mol. The third-order valence-electron chi connectivity index (χ3n) is 2.34. The first-order chi connectivity index (χ1) is 8.20. The lowest BCUT2D eigenvalue weighted by Crippen LogP contribution is -2.20. The van der Waals surface area contributed by atoms with Crippen molar-refractivity contribution in [2.75, 3.05) is 5.73 Å². The minimum Gasteiger partial charge on any atom is -0.398 e. The fraction of sp³-hybridized carbons (Fsp3) is 0.0833. The van der Waals surface area contributed by atoms with E-state index in [0.29, 0.717) is 23.5 Å². The zero-order chi connectivity index (χ0) is 12.3. The summed E-state index contributed by atoms with van der Waals surface area (Å²) in [6, 6.07) is 8.44. The second-order valence-electron chi connectivity index (χ2n) is 3.55. The maximum Gasteiger partial charge on any atom is 0.250 e. The summed E-state index contributed by atoms with van der Waals surface area (Å²) in [6.07, 6.45) is 3.10. The molecule has 84 valence electrons. The molecule has 0 saturated carbocycles. The Morgan fingerprint density at radius 2 is 2.24 bits per heavy atom. The molecule has 0 aliphatic heterocycles. The van der Waals surface area contributed by atoms with Crippen molar-refractivity contribution in [1.82, 2.24) is 9.55 Å². The van der Waals surface area contributed by atoms with E-state index in [9.17, 15) is 4.79 Å². The average molecular weight is 226 g/mol. The molecular formula is C12H10N4O. The summed E-state index contributed by atoms with van der Waals surface area (Å²) in [5.41, 5.74) is 6.98. The molecule has 0 radical (unpaired) electrons. The van der Waals surface area contributed by atoms with Crippen molar-refractivity contribution in [2.24, 2.45) is 0 Å². The van der Waals surface area contributed by atoms with E-state index < -0.39 is 0 Å². The number of nitrogens with two attached hydrogens (primary N) is 1. The molecule has 2 aromatic rings. The summed E-state index contributed by atoms with van der Waals surface area (Å²) in [7, 11) is 0. The Hall–Kier alpha value is -2.61. The van der Waals surface area contributed by atoms with Crippen molar-refractivity contribution in [3.63, 3.8) is 0 Å². The Labute approximate surface area is 97.8 Å². The maximum atomic E-state index is 11.6. The molecule has 0 atom stereocenters. The van der Waals surface area contributed by atoms with Gasteiger partial charge in [-0.3, -0.25) is 4.79 Å². The highest BCUT2D eigenvalue weighted by Crippen LogP contribution is 2.06. The second kappa shape index (κ2) is 4.49. The van der Waals surface area contributed by atoms with Crippen LogP contribution < -0.4 is 11.3 Å². The van der Waals surface area contributed by atoms with Gasteiger partial charge in [-0.15, -0.1) is 0 Å². The number of nitriles is 1. The van der Waals surface area contributed by atoms with E-state index in [-0.39, 0.29) is 5.56 Å². The minimum atomic E-state index is -0.160. The number of hydrogen-bond donors (Lipinski definition) is 1. The van der Waals surface area contributed by atoms with Gasteiger partial charge >= 0.3 is 0 Å². The summed E-state index contributed by atoms with van der Waals surface area (Å²) >= 11 is 0. The topological polar surface area (TPSA) is 84.7 Å². The first kappa shape index (κ1) is 10.9. The van der Waals surface area contributed by atoms with Crippen LogP contribution in [0.4, 0.5) is 5.69 Å². The third kappa shape index (κ3) is 2.32. The van der Waals surface area contributed by atoms with Crippen LogP contribution in [-0.4, -0.2) is 9.55 Å². The monoisotopic (exact) mass is 226 g/mol. The molecule has 0 amide bonds. The lowest BCUT2D eigenvalue weighted by atomic mass is 10.2. The highest BCUT2D eigenvalue weighted by Gasteiger charge is 2.04. The molecule has 0 aliphatic carbocycles. The van der Waals surface area contributed by atoms with E-state index in [1.807, 2.05) is 6.07 Å². The molecule has 0 fully saturated rings. The van der Waals surface area contributed by atoms with E-state index in [2.05, 4.69) is 4.98 Å². The van der Waals surface area contributed by atoms with E-state index in [0.717, 1.165) is 0 Å². The van der Waals surface area contributed by atoms with Gasteiger partial charge in [0.05, 0.1) is 6.54 Å². The first-order valence-corrected chi connectivity index (χ1v) is 5.00. The second-order valence-corrected chi connectivity index (χ2v) is 3.55. The van der Waals surface area contributed by atoms with E-state index in [1.165, 1.54) is 10.6 Å².